The molecule has 0 atom stereocenters. The summed E-state index contributed by atoms with van der Waals surface area (Å²) in [6.45, 7) is 0.998. The quantitative estimate of drug-likeness (QED) is 0.713. The minimum Gasteiger partial charge on any atom is -0.465 e. The van der Waals surface area contributed by atoms with E-state index in [-0.39, 0.29) is 23.5 Å². The van der Waals surface area contributed by atoms with Gasteiger partial charge in [-0.2, -0.15) is 0 Å². The standard InChI is InChI=1S/C11H11NO5/c1-7(13)6-17-11(15)9-3-8(4-12-5-9)10(14)16-2/h3-5H,6H2,1-2H3. The normalized spacial score (nSPS) is 9.53. The van der Waals surface area contributed by atoms with Crippen LogP contribution in [-0.4, -0.2) is 36.4 Å². The van der Waals surface area contributed by atoms with Crippen LogP contribution in [0.15, 0.2) is 18.5 Å². The number of esters is 2. The molecule has 17 heavy (non-hydrogen) atoms. The van der Waals surface area contributed by atoms with E-state index in [2.05, 4.69) is 14.5 Å². The van der Waals surface area contributed by atoms with Gasteiger partial charge in [-0.05, 0) is 13.0 Å². The Hall–Kier alpha value is -2.24. The number of nitrogens with zero attached hydrogens (tertiary/aromatic N) is 1. The highest BCUT2D eigenvalue weighted by Crippen LogP contribution is 2.05. The number of ether oxygens (including phenoxy) is 2. The van der Waals surface area contributed by atoms with E-state index in [0.29, 0.717) is 0 Å². The molecule has 6 heteroatoms. The van der Waals surface area contributed by atoms with Crippen molar-refractivity contribution < 1.29 is 23.9 Å². The monoisotopic (exact) mass is 237 g/mol. The Morgan fingerprint density at radius 2 is 1.76 bits per heavy atom. The molecule has 1 heterocycles. The first kappa shape index (κ1) is 12.8. The van der Waals surface area contributed by atoms with E-state index in [1.54, 1.807) is 0 Å². The van der Waals surface area contributed by atoms with Gasteiger partial charge in [0.15, 0.2) is 5.78 Å². The lowest BCUT2D eigenvalue weighted by Gasteiger charge is -2.03. The maximum atomic E-state index is 11.4. The van der Waals surface area contributed by atoms with Gasteiger partial charge in [-0.1, -0.05) is 0 Å². The minimum absolute atomic E-state index is 0.0918. The average Bonchev–Trinajstić information content (AvgIpc) is 2.35. The van der Waals surface area contributed by atoms with E-state index in [1.807, 2.05) is 0 Å². The zero-order chi connectivity index (χ0) is 12.8. The maximum absolute atomic E-state index is 11.4. The predicted octanol–water partition coefficient (Wildman–Crippen LogP) is 0.614. The van der Waals surface area contributed by atoms with Gasteiger partial charge >= 0.3 is 11.9 Å². The van der Waals surface area contributed by atoms with Gasteiger partial charge in [0.25, 0.3) is 0 Å². The molecule has 0 radical (unpaired) electrons. The Bertz CT molecular complexity index is 455. The van der Waals surface area contributed by atoms with E-state index < -0.39 is 11.9 Å². The second-order valence-corrected chi connectivity index (χ2v) is 3.23. The van der Waals surface area contributed by atoms with Gasteiger partial charge in [0, 0.05) is 12.4 Å². The second kappa shape index (κ2) is 5.74. The molecule has 1 aromatic heterocycles. The summed E-state index contributed by atoms with van der Waals surface area (Å²) in [5, 5.41) is 0. The Morgan fingerprint density at radius 3 is 2.29 bits per heavy atom. The van der Waals surface area contributed by atoms with E-state index in [4.69, 9.17) is 0 Å². The van der Waals surface area contributed by atoms with Gasteiger partial charge < -0.3 is 9.47 Å². The van der Waals surface area contributed by atoms with E-state index in [9.17, 15) is 14.4 Å². The van der Waals surface area contributed by atoms with Gasteiger partial charge in [0.05, 0.1) is 18.2 Å². The summed E-state index contributed by atoms with van der Waals surface area (Å²) in [5.41, 5.74) is 0.235. The second-order valence-electron chi connectivity index (χ2n) is 3.23. The van der Waals surface area contributed by atoms with E-state index in [0.717, 1.165) is 0 Å². The molecule has 0 N–H and O–H groups in total. The molecule has 0 saturated carbocycles. The van der Waals surface area contributed by atoms with Crippen molar-refractivity contribution in [2.24, 2.45) is 0 Å². The van der Waals surface area contributed by atoms with Crippen molar-refractivity contribution in [3.05, 3.63) is 29.6 Å². The molecule has 0 fully saturated rings. The van der Waals surface area contributed by atoms with Crippen LogP contribution >= 0.6 is 0 Å². The van der Waals surface area contributed by atoms with Gasteiger partial charge in [-0.3, -0.25) is 9.78 Å². The molecule has 1 aromatic rings. The van der Waals surface area contributed by atoms with Crippen LogP contribution in [0, 0.1) is 0 Å². The Kier molecular flexibility index (Phi) is 4.33. The topological polar surface area (TPSA) is 82.6 Å². The SMILES string of the molecule is COC(=O)c1cncc(C(=O)OCC(C)=O)c1. The number of hydrogen-bond acceptors (Lipinski definition) is 6. The van der Waals surface area contributed by atoms with Crippen LogP contribution in [0.25, 0.3) is 0 Å². The van der Waals surface area contributed by atoms with Crippen LogP contribution in [0.4, 0.5) is 0 Å². The Balaban J connectivity index is 2.80. The Labute approximate surface area is 97.6 Å². The van der Waals surface area contributed by atoms with Crippen molar-refractivity contribution in [3.8, 4) is 0 Å². The lowest BCUT2D eigenvalue weighted by atomic mass is 10.2. The highest BCUT2D eigenvalue weighted by Gasteiger charge is 2.12. The van der Waals surface area contributed by atoms with Crippen LogP contribution in [-0.2, 0) is 14.3 Å². The van der Waals surface area contributed by atoms with Crippen LogP contribution in [0.2, 0.25) is 0 Å². The zero-order valence-electron chi connectivity index (χ0n) is 9.43. The molecule has 6 nitrogen and oxygen atoms in total. The first-order valence-corrected chi connectivity index (χ1v) is 4.74. The summed E-state index contributed by atoms with van der Waals surface area (Å²) in [6.07, 6.45) is 2.52. The number of pyridine rings is 1. The van der Waals surface area contributed by atoms with Crippen molar-refractivity contribution >= 4 is 17.7 Å². The number of aromatic nitrogens is 1. The molecular weight excluding hydrogens is 226 g/mol. The summed E-state index contributed by atoms with van der Waals surface area (Å²) >= 11 is 0. The highest BCUT2D eigenvalue weighted by molar-refractivity contribution is 5.95. The number of carbonyl (C=O) groups excluding carboxylic acids is 3. The van der Waals surface area contributed by atoms with Crippen molar-refractivity contribution in [3.63, 3.8) is 0 Å². The third-order valence-electron chi connectivity index (χ3n) is 1.80. The fourth-order valence-electron chi connectivity index (χ4n) is 1.03. The van der Waals surface area contributed by atoms with Gasteiger partial charge in [0.2, 0.25) is 0 Å². The molecule has 0 amide bonds. The molecular formula is C11H11NO5. The third-order valence-corrected chi connectivity index (χ3v) is 1.80. The fourth-order valence-corrected chi connectivity index (χ4v) is 1.03. The van der Waals surface area contributed by atoms with Crippen LogP contribution in [0.3, 0.4) is 0 Å². The maximum Gasteiger partial charge on any atom is 0.340 e. The molecule has 0 bridgehead atoms. The summed E-state index contributed by atoms with van der Waals surface area (Å²) in [5.74, 6) is -1.58. The summed E-state index contributed by atoms with van der Waals surface area (Å²) in [6, 6.07) is 1.29. The van der Waals surface area contributed by atoms with Crippen molar-refractivity contribution in [2.75, 3.05) is 13.7 Å². The number of carbonyl (C=O) groups is 3. The van der Waals surface area contributed by atoms with Crippen LogP contribution in [0.1, 0.15) is 27.6 Å². The number of ketones is 1. The van der Waals surface area contributed by atoms with E-state index in [1.165, 1.54) is 32.5 Å². The van der Waals surface area contributed by atoms with E-state index >= 15 is 0 Å². The smallest absolute Gasteiger partial charge is 0.340 e. The van der Waals surface area contributed by atoms with Crippen LogP contribution in [0.5, 0.6) is 0 Å². The predicted molar refractivity (Wildman–Crippen MR) is 56.5 cm³/mol. The largest absolute Gasteiger partial charge is 0.465 e. The summed E-state index contributed by atoms with van der Waals surface area (Å²) in [7, 11) is 1.23. The van der Waals surface area contributed by atoms with Crippen molar-refractivity contribution in [2.45, 2.75) is 6.92 Å². The first-order valence-electron chi connectivity index (χ1n) is 4.74. The molecule has 0 saturated heterocycles. The van der Waals surface area contributed by atoms with Gasteiger partial charge in [-0.25, -0.2) is 9.59 Å². The Morgan fingerprint density at radius 1 is 1.18 bits per heavy atom. The van der Waals surface area contributed by atoms with Gasteiger partial charge in [0.1, 0.15) is 6.61 Å². The molecule has 0 aromatic carbocycles. The fraction of sp³-hybridized carbons (Fsp3) is 0.273. The van der Waals surface area contributed by atoms with Crippen molar-refractivity contribution in [1.82, 2.24) is 4.98 Å². The van der Waals surface area contributed by atoms with Gasteiger partial charge in [-0.15, -0.1) is 0 Å². The van der Waals surface area contributed by atoms with Crippen LogP contribution < -0.4 is 0 Å². The first-order chi connectivity index (χ1) is 8.04. The zero-order valence-corrected chi connectivity index (χ0v) is 9.43. The third kappa shape index (κ3) is 3.67. The lowest BCUT2D eigenvalue weighted by molar-refractivity contribution is -0.120. The summed E-state index contributed by atoms with van der Waals surface area (Å²) in [4.78, 5) is 37.0. The number of Topliss-reactive ketones (excluding diaryl/α,β-unsaturated/α-hetero) is 1. The minimum atomic E-state index is -0.710. The van der Waals surface area contributed by atoms with Crippen molar-refractivity contribution in [1.29, 1.82) is 0 Å². The molecule has 0 unspecified atom stereocenters. The average molecular weight is 237 g/mol. The number of hydrogen-bond donors (Lipinski definition) is 0. The highest BCUT2D eigenvalue weighted by atomic mass is 16.5. The molecule has 0 spiro atoms. The number of methoxy groups -OCH3 is 1. The lowest BCUT2D eigenvalue weighted by Crippen LogP contribution is -2.12. The number of rotatable bonds is 4. The molecule has 1 rings (SSSR count). The molecule has 90 valence electrons. The molecule has 0 aliphatic carbocycles. The molecule has 0 aliphatic rings. The molecule has 0 aliphatic heterocycles. The summed E-state index contributed by atoms with van der Waals surface area (Å²) < 4.78 is 9.16.